The molecular formula is C20H18O8. The molecule has 0 bridgehead atoms. The number of fused-ring (bicyclic) bond motifs is 3. The van der Waals surface area contributed by atoms with Gasteiger partial charge < -0.3 is 38.6 Å². The van der Waals surface area contributed by atoms with Gasteiger partial charge in [-0.15, -0.1) is 0 Å². The van der Waals surface area contributed by atoms with Gasteiger partial charge in [-0.25, -0.2) is 0 Å². The molecule has 0 unspecified atom stereocenters. The van der Waals surface area contributed by atoms with E-state index in [1.54, 1.807) is 12.1 Å². The van der Waals surface area contributed by atoms with Crippen LogP contribution < -0.4 is 18.9 Å². The maximum Gasteiger partial charge on any atom is 0.231 e. The van der Waals surface area contributed by atoms with E-state index in [4.69, 9.17) is 28.4 Å². The smallest absolute Gasteiger partial charge is 0.231 e. The molecule has 2 aromatic carbocycles. The maximum atomic E-state index is 10.6. The van der Waals surface area contributed by atoms with Crippen LogP contribution in [0.2, 0.25) is 0 Å². The van der Waals surface area contributed by atoms with Crippen LogP contribution in [0, 0.1) is 11.8 Å². The van der Waals surface area contributed by atoms with Crippen LogP contribution >= 0.6 is 0 Å². The Labute approximate surface area is 160 Å². The Balaban J connectivity index is 1.33. The van der Waals surface area contributed by atoms with Crippen LogP contribution in [-0.4, -0.2) is 36.4 Å². The van der Waals surface area contributed by atoms with Gasteiger partial charge >= 0.3 is 0 Å². The molecule has 8 heteroatoms. The molecule has 0 aliphatic carbocycles. The molecule has 146 valence electrons. The lowest BCUT2D eigenvalue weighted by molar-refractivity contribution is -0.173. The van der Waals surface area contributed by atoms with E-state index in [1.165, 1.54) is 0 Å². The van der Waals surface area contributed by atoms with Crippen molar-refractivity contribution < 1.29 is 38.6 Å². The molecule has 6 atom stereocenters. The Hall–Kier alpha value is -2.52. The van der Waals surface area contributed by atoms with Gasteiger partial charge in [0.15, 0.2) is 35.6 Å². The van der Waals surface area contributed by atoms with E-state index in [0.717, 1.165) is 11.1 Å². The largest absolute Gasteiger partial charge is 0.454 e. The molecule has 4 aliphatic heterocycles. The first-order valence-corrected chi connectivity index (χ1v) is 9.15. The Bertz CT molecular complexity index is 855. The summed E-state index contributed by atoms with van der Waals surface area (Å²) in [6, 6.07) is 11.0. The fourth-order valence-electron chi connectivity index (χ4n) is 4.53. The average molecular weight is 386 g/mol. The van der Waals surface area contributed by atoms with Gasteiger partial charge in [0.2, 0.25) is 13.6 Å². The first kappa shape index (κ1) is 16.4. The van der Waals surface area contributed by atoms with E-state index in [0.29, 0.717) is 23.0 Å². The lowest BCUT2D eigenvalue weighted by Gasteiger charge is -2.20. The van der Waals surface area contributed by atoms with Crippen LogP contribution in [0.4, 0.5) is 0 Å². The molecule has 0 aromatic heterocycles. The summed E-state index contributed by atoms with van der Waals surface area (Å²) >= 11 is 0. The van der Waals surface area contributed by atoms with Gasteiger partial charge in [-0.3, -0.25) is 0 Å². The highest BCUT2D eigenvalue weighted by Crippen LogP contribution is 2.56. The fourth-order valence-corrected chi connectivity index (χ4v) is 4.53. The Morgan fingerprint density at radius 1 is 0.607 bits per heavy atom. The van der Waals surface area contributed by atoms with Crippen molar-refractivity contribution in [1.82, 2.24) is 0 Å². The van der Waals surface area contributed by atoms with Crippen molar-refractivity contribution >= 4 is 0 Å². The van der Waals surface area contributed by atoms with Crippen molar-refractivity contribution in [1.29, 1.82) is 0 Å². The molecule has 4 heterocycles. The van der Waals surface area contributed by atoms with E-state index >= 15 is 0 Å². The van der Waals surface area contributed by atoms with E-state index in [9.17, 15) is 10.2 Å². The van der Waals surface area contributed by atoms with Crippen molar-refractivity contribution in [2.24, 2.45) is 11.8 Å². The highest BCUT2D eigenvalue weighted by molar-refractivity contribution is 5.47. The van der Waals surface area contributed by atoms with Crippen LogP contribution in [-0.2, 0) is 9.47 Å². The zero-order chi connectivity index (χ0) is 18.8. The van der Waals surface area contributed by atoms with Gasteiger partial charge in [0, 0.05) is 0 Å². The van der Waals surface area contributed by atoms with Crippen LogP contribution in [0.15, 0.2) is 36.4 Å². The highest BCUT2D eigenvalue weighted by Gasteiger charge is 2.57. The van der Waals surface area contributed by atoms with Gasteiger partial charge in [-0.1, -0.05) is 12.1 Å². The summed E-state index contributed by atoms with van der Waals surface area (Å²) in [6.07, 6.45) is -3.20. The fraction of sp³-hybridized carbons (Fsp3) is 0.400. The number of hydrogen-bond donors (Lipinski definition) is 2. The molecule has 2 fully saturated rings. The predicted molar refractivity (Wildman–Crippen MR) is 91.8 cm³/mol. The summed E-state index contributed by atoms with van der Waals surface area (Å²) in [4.78, 5) is 0. The van der Waals surface area contributed by atoms with Gasteiger partial charge in [0.1, 0.15) is 0 Å². The summed E-state index contributed by atoms with van der Waals surface area (Å²) in [6.45, 7) is 0.355. The molecule has 2 aromatic rings. The molecule has 0 radical (unpaired) electrons. The molecule has 0 amide bonds. The normalized spacial score (nSPS) is 34.6. The van der Waals surface area contributed by atoms with Crippen molar-refractivity contribution in [2.75, 3.05) is 13.6 Å². The number of benzene rings is 2. The van der Waals surface area contributed by atoms with Crippen molar-refractivity contribution in [3.05, 3.63) is 47.5 Å². The summed E-state index contributed by atoms with van der Waals surface area (Å²) in [5.74, 6) is 1.73. The summed E-state index contributed by atoms with van der Waals surface area (Å²) in [7, 11) is 0. The zero-order valence-electron chi connectivity index (χ0n) is 14.7. The van der Waals surface area contributed by atoms with Crippen LogP contribution in [0.25, 0.3) is 0 Å². The maximum absolute atomic E-state index is 10.6. The minimum Gasteiger partial charge on any atom is -0.454 e. The number of ether oxygens (including phenoxy) is 6. The van der Waals surface area contributed by atoms with E-state index < -0.39 is 36.6 Å². The lowest BCUT2D eigenvalue weighted by Crippen LogP contribution is -2.23. The highest BCUT2D eigenvalue weighted by atomic mass is 16.7. The van der Waals surface area contributed by atoms with Crippen molar-refractivity contribution in [2.45, 2.75) is 24.8 Å². The number of rotatable bonds is 2. The van der Waals surface area contributed by atoms with E-state index in [-0.39, 0.29) is 13.6 Å². The standard InChI is InChI=1S/C20H18O8/c21-19-15-16(18(28-19)10-2-4-12-14(6-10)26-8-24-12)20(22)27-17(15)9-1-3-11-13(5-9)25-7-23-11/h1-6,15-22H,7-8H2/t15-,16-,17+,18+,19-,20+/m0/s1. The summed E-state index contributed by atoms with van der Waals surface area (Å²) in [5.41, 5.74) is 1.59. The second-order valence-corrected chi connectivity index (χ2v) is 7.27. The quantitative estimate of drug-likeness (QED) is 0.808. The molecule has 6 rings (SSSR count). The van der Waals surface area contributed by atoms with Gasteiger partial charge in [-0.05, 0) is 35.4 Å². The topological polar surface area (TPSA) is 95.8 Å². The average Bonchev–Trinajstić information content (AvgIpc) is 3.46. The number of aliphatic hydroxyl groups excluding tert-OH is 2. The third kappa shape index (κ3) is 2.32. The number of aliphatic hydroxyl groups is 2. The Kier molecular flexibility index (Phi) is 3.51. The molecule has 4 aliphatic rings. The van der Waals surface area contributed by atoms with Crippen LogP contribution in [0.1, 0.15) is 23.3 Å². The molecule has 0 saturated carbocycles. The monoisotopic (exact) mass is 386 g/mol. The lowest BCUT2D eigenvalue weighted by atomic mass is 9.83. The SMILES string of the molecule is O[C@@H]1O[C@H](c2ccc3c(c2)OCO3)[C@@H]2[C@H]1[C@@H](c1ccc3c(c1)OCO3)O[C@@H]2O. The molecular weight excluding hydrogens is 368 g/mol. The van der Waals surface area contributed by atoms with Gasteiger partial charge in [0.25, 0.3) is 0 Å². The van der Waals surface area contributed by atoms with Crippen molar-refractivity contribution in [3.8, 4) is 23.0 Å². The predicted octanol–water partition coefficient (Wildman–Crippen LogP) is 1.86. The van der Waals surface area contributed by atoms with Crippen molar-refractivity contribution in [3.63, 3.8) is 0 Å². The third-order valence-corrected chi connectivity index (χ3v) is 5.82. The Morgan fingerprint density at radius 2 is 1.04 bits per heavy atom. The second-order valence-electron chi connectivity index (χ2n) is 7.27. The van der Waals surface area contributed by atoms with E-state index in [2.05, 4.69) is 0 Å². The summed E-state index contributed by atoms with van der Waals surface area (Å²) < 4.78 is 33.3. The Morgan fingerprint density at radius 3 is 1.50 bits per heavy atom. The van der Waals surface area contributed by atoms with Gasteiger partial charge in [-0.2, -0.15) is 0 Å². The molecule has 28 heavy (non-hydrogen) atoms. The number of hydrogen-bond acceptors (Lipinski definition) is 8. The third-order valence-electron chi connectivity index (χ3n) is 5.82. The van der Waals surface area contributed by atoms with Crippen LogP contribution in [0.3, 0.4) is 0 Å². The molecule has 8 nitrogen and oxygen atoms in total. The first-order chi connectivity index (χ1) is 13.7. The molecule has 2 saturated heterocycles. The van der Waals surface area contributed by atoms with E-state index in [1.807, 2.05) is 24.3 Å². The first-order valence-electron chi connectivity index (χ1n) is 9.15. The zero-order valence-corrected chi connectivity index (χ0v) is 14.7. The molecule has 2 N–H and O–H groups in total. The van der Waals surface area contributed by atoms with Crippen LogP contribution in [0.5, 0.6) is 23.0 Å². The molecule has 0 spiro atoms. The van der Waals surface area contributed by atoms with Gasteiger partial charge in [0.05, 0.1) is 24.0 Å². The summed E-state index contributed by atoms with van der Waals surface area (Å²) in [5, 5.41) is 21.3. The minimum atomic E-state index is -1.08. The second kappa shape index (κ2) is 5.99. The minimum absolute atomic E-state index is 0.177.